The summed E-state index contributed by atoms with van der Waals surface area (Å²) in [5, 5.41) is 4.01. The molecule has 0 fully saturated rings. The van der Waals surface area contributed by atoms with Crippen LogP contribution in [0.25, 0.3) is 32.9 Å². The van der Waals surface area contributed by atoms with Crippen LogP contribution < -0.4 is 5.73 Å². The first kappa shape index (κ1) is 17.8. The second kappa shape index (κ2) is 7.21. The van der Waals surface area contributed by atoms with Crippen molar-refractivity contribution in [2.24, 2.45) is 5.73 Å². The van der Waals surface area contributed by atoms with E-state index < -0.39 is 0 Å². The first-order valence-electron chi connectivity index (χ1n) is 9.90. The molecule has 3 N–H and O–H groups in total. The van der Waals surface area contributed by atoms with Crippen molar-refractivity contribution < 1.29 is 0 Å². The Bertz CT molecular complexity index is 1120. The molecule has 0 amide bonds. The van der Waals surface area contributed by atoms with Gasteiger partial charge in [0.05, 0.1) is 5.69 Å². The number of unbranched alkanes of at least 4 members (excludes halogenated alkanes) is 1. The van der Waals surface area contributed by atoms with E-state index in [1.165, 1.54) is 55.2 Å². The molecule has 0 atom stereocenters. The highest BCUT2D eigenvalue weighted by atomic mass is 14.7. The predicted octanol–water partition coefficient (Wildman–Crippen LogP) is 6.19. The number of benzene rings is 3. The average molecular weight is 357 g/mol. The fourth-order valence-corrected chi connectivity index (χ4v) is 4.31. The molecule has 0 bridgehead atoms. The topological polar surface area (TPSA) is 41.8 Å². The van der Waals surface area contributed by atoms with Crippen LogP contribution >= 0.6 is 0 Å². The van der Waals surface area contributed by atoms with Gasteiger partial charge in [0, 0.05) is 16.5 Å². The van der Waals surface area contributed by atoms with Gasteiger partial charge in [0.25, 0.3) is 0 Å². The Kier molecular flexibility index (Phi) is 4.75. The quantitative estimate of drug-likeness (QED) is 0.411. The minimum absolute atomic E-state index is 0.753. The summed E-state index contributed by atoms with van der Waals surface area (Å²) in [6.07, 6.45) is 3.23. The number of fused-ring (bicyclic) bond motifs is 2. The van der Waals surface area contributed by atoms with Crippen molar-refractivity contribution in [2.75, 3.05) is 6.54 Å². The fourth-order valence-electron chi connectivity index (χ4n) is 4.31. The lowest BCUT2D eigenvalue weighted by Crippen LogP contribution is -1.99. The summed E-state index contributed by atoms with van der Waals surface area (Å²) in [5.41, 5.74) is 15.0. The van der Waals surface area contributed by atoms with Crippen molar-refractivity contribution in [3.63, 3.8) is 0 Å². The summed E-state index contributed by atoms with van der Waals surface area (Å²) in [5.74, 6) is 0. The number of H-pyrrole nitrogens is 1. The molecule has 2 heteroatoms. The van der Waals surface area contributed by atoms with Crippen molar-refractivity contribution >= 4 is 21.7 Å². The summed E-state index contributed by atoms with van der Waals surface area (Å²) < 4.78 is 0. The van der Waals surface area contributed by atoms with Crippen LogP contribution in [-0.2, 0) is 6.42 Å². The highest BCUT2D eigenvalue weighted by molar-refractivity contribution is 6.02. The van der Waals surface area contributed by atoms with E-state index in [2.05, 4.69) is 74.3 Å². The van der Waals surface area contributed by atoms with Crippen molar-refractivity contribution in [1.29, 1.82) is 0 Å². The molecule has 1 aromatic heterocycles. The van der Waals surface area contributed by atoms with Crippen LogP contribution in [0.3, 0.4) is 0 Å². The third-order valence-corrected chi connectivity index (χ3v) is 5.65. The van der Waals surface area contributed by atoms with Gasteiger partial charge in [0.15, 0.2) is 0 Å². The molecule has 0 aliphatic carbocycles. The molecule has 0 saturated heterocycles. The van der Waals surface area contributed by atoms with Crippen molar-refractivity contribution in [3.05, 3.63) is 70.8 Å². The van der Waals surface area contributed by atoms with E-state index in [0.29, 0.717) is 0 Å². The Hall–Kier alpha value is -2.58. The molecule has 27 heavy (non-hydrogen) atoms. The largest absolute Gasteiger partial charge is 0.354 e. The average Bonchev–Trinajstić information content (AvgIpc) is 3.01. The molecule has 0 aliphatic heterocycles. The van der Waals surface area contributed by atoms with Gasteiger partial charge in [-0.05, 0) is 80.1 Å². The fraction of sp³-hybridized carbons (Fsp3) is 0.280. The molecule has 2 nitrogen and oxygen atoms in total. The lowest BCUT2D eigenvalue weighted by atomic mass is 9.94. The third-order valence-electron chi connectivity index (χ3n) is 5.65. The number of hydrogen-bond donors (Lipinski definition) is 2. The highest BCUT2D eigenvalue weighted by Crippen LogP contribution is 2.37. The van der Waals surface area contributed by atoms with Crippen molar-refractivity contribution in [1.82, 2.24) is 4.98 Å². The normalized spacial score (nSPS) is 11.6. The number of nitrogens with one attached hydrogen (secondary N) is 1. The van der Waals surface area contributed by atoms with Gasteiger partial charge in [-0.15, -0.1) is 0 Å². The number of rotatable bonds is 5. The zero-order valence-electron chi connectivity index (χ0n) is 16.5. The van der Waals surface area contributed by atoms with Gasteiger partial charge in [0.1, 0.15) is 0 Å². The molecule has 3 aromatic carbocycles. The van der Waals surface area contributed by atoms with Gasteiger partial charge < -0.3 is 10.7 Å². The molecule has 0 aliphatic rings. The van der Waals surface area contributed by atoms with Gasteiger partial charge in [-0.3, -0.25) is 0 Å². The van der Waals surface area contributed by atoms with Gasteiger partial charge in [-0.1, -0.05) is 48.0 Å². The molecular weight excluding hydrogens is 328 g/mol. The number of aromatic amines is 1. The zero-order valence-corrected chi connectivity index (χ0v) is 16.5. The van der Waals surface area contributed by atoms with Crippen LogP contribution in [0.4, 0.5) is 0 Å². The summed E-state index contributed by atoms with van der Waals surface area (Å²) in [4.78, 5) is 3.78. The highest BCUT2D eigenvalue weighted by Gasteiger charge is 2.17. The van der Waals surface area contributed by atoms with Crippen molar-refractivity contribution in [2.45, 2.75) is 40.0 Å². The number of nitrogens with two attached hydrogens (primary N) is 1. The molecule has 4 aromatic rings. The lowest BCUT2D eigenvalue weighted by Gasteiger charge is -2.11. The van der Waals surface area contributed by atoms with Crippen LogP contribution in [0.15, 0.2) is 48.5 Å². The van der Waals surface area contributed by atoms with Crippen LogP contribution in [0.5, 0.6) is 0 Å². The molecular formula is C25H28N2. The zero-order chi connectivity index (χ0) is 19.0. The first-order valence-corrected chi connectivity index (χ1v) is 9.90. The molecule has 1 heterocycles. The number of aryl methyl sites for hydroxylation is 4. The monoisotopic (exact) mass is 356 g/mol. The van der Waals surface area contributed by atoms with Crippen molar-refractivity contribution in [3.8, 4) is 11.3 Å². The Labute approximate surface area is 161 Å². The molecule has 0 radical (unpaired) electrons. The smallest absolute Gasteiger partial charge is 0.0503 e. The second-order valence-electron chi connectivity index (χ2n) is 7.70. The van der Waals surface area contributed by atoms with E-state index >= 15 is 0 Å². The second-order valence-corrected chi connectivity index (χ2v) is 7.70. The van der Waals surface area contributed by atoms with Crippen LogP contribution in [0, 0.1) is 20.8 Å². The summed E-state index contributed by atoms with van der Waals surface area (Å²) >= 11 is 0. The lowest BCUT2D eigenvalue weighted by molar-refractivity contribution is 0.748. The van der Waals surface area contributed by atoms with Gasteiger partial charge in [-0.2, -0.15) is 0 Å². The van der Waals surface area contributed by atoms with E-state index in [4.69, 9.17) is 5.73 Å². The minimum atomic E-state index is 0.753. The van der Waals surface area contributed by atoms with E-state index in [1.54, 1.807) is 0 Å². The number of hydrogen-bond acceptors (Lipinski definition) is 1. The standard InChI is InChI=1S/C25H28N2/c1-16-14-18(3)24-23(15-16)21(10-6-7-13-26)25(27-24)22-12-11-17(2)19-8-4-5-9-20(19)22/h4-5,8-9,11-12,14-15,27H,6-7,10,13,26H2,1-3H3. The summed E-state index contributed by atoms with van der Waals surface area (Å²) in [6, 6.07) is 17.8. The Morgan fingerprint density at radius 1 is 0.815 bits per heavy atom. The summed E-state index contributed by atoms with van der Waals surface area (Å²) in [6.45, 7) is 7.33. The predicted molar refractivity (Wildman–Crippen MR) is 117 cm³/mol. The Balaban J connectivity index is 2.00. The third kappa shape index (κ3) is 3.15. The maximum atomic E-state index is 5.76. The van der Waals surface area contributed by atoms with Crippen LogP contribution in [0.2, 0.25) is 0 Å². The SMILES string of the molecule is Cc1cc(C)c2[nH]c(-c3ccc(C)c4ccccc34)c(CCCCN)c2c1. The van der Waals surface area contributed by atoms with Gasteiger partial charge in [-0.25, -0.2) is 0 Å². The van der Waals surface area contributed by atoms with E-state index in [1.807, 2.05) is 0 Å². The van der Waals surface area contributed by atoms with Crippen LogP contribution in [0.1, 0.15) is 35.1 Å². The molecule has 138 valence electrons. The molecule has 0 spiro atoms. The minimum Gasteiger partial charge on any atom is -0.354 e. The van der Waals surface area contributed by atoms with Crippen LogP contribution in [-0.4, -0.2) is 11.5 Å². The maximum absolute atomic E-state index is 5.76. The Morgan fingerprint density at radius 3 is 2.37 bits per heavy atom. The maximum Gasteiger partial charge on any atom is 0.0503 e. The first-order chi connectivity index (χ1) is 13.1. The number of aromatic nitrogens is 1. The van der Waals surface area contributed by atoms with Gasteiger partial charge >= 0.3 is 0 Å². The van der Waals surface area contributed by atoms with E-state index in [-0.39, 0.29) is 0 Å². The van der Waals surface area contributed by atoms with E-state index in [0.717, 1.165) is 25.8 Å². The van der Waals surface area contributed by atoms with E-state index in [9.17, 15) is 0 Å². The van der Waals surface area contributed by atoms with Gasteiger partial charge in [0.2, 0.25) is 0 Å². The Morgan fingerprint density at radius 2 is 1.59 bits per heavy atom. The molecule has 0 unspecified atom stereocenters. The molecule has 0 saturated carbocycles. The molecule has 4 rings (SSSR count). The summed E-state index contributed by atoms with van der Waals surface area (Å²) in [7, 11) is 0.